The quantitative estimate of drug-likeness (QED) is 0.816. The van der Waals surface area contributed by atoms with Crippen LogP contribution >= 0.6 is 0 Å². The molecular weight excluding hydrogens is 316 g/mol. The van der Waals surface area contributed by atoms with E-state index in [1.807, 2.05) is 30.3 Å². The molecule has 5 nitrogen and oxygen atoms in total. The minimum Gasteiger partial charge on any atom is -0.388 e. The van der Waals surface area contributed by atoms with E-state index in [4.69, 9.17) is 0 Å². The number of nitrogens with one attached hydrogen (secondary N) is 1. The van der Waals surface area contributed by atoms with Crippen molar-refractivity contribution in [2.24, 2.45) is 0 Å². The Bertz CT molecular complexity index is 687. The number of aliphatic hydroxyl groups excluding tert-OH is 1. The van der Waals surface area contributed by atoms with Crippen LogP contribution < -0.4 is 5.32 Å². The Labute approximate surface area is 139 Å². The molecule has 0 saturated carbocycles. The molecule has 0 saturated heterocycles. The molecule has 1 heterocycles. The molecule has 0 aliphatic heterocycles. The van der Waals surface area contributed by atoms with Crippen molar-refractivity contribution in [1.29, 1.82) is 0 Å². The highest BCUT2D eigenvalue weighted by Crippen LogP contribution is 2.20. The Morgan fingerprint density at radius 1 is 1.29 bits per heavy atom. The second-order valence-corrected chi connectivity index (χ2v) is 5.61. The minimum atomic E-state index is -2.72. The predicted octanol–water partition coefficient (Wildman–Crippen LogP) is 2.68. The van der Waals surface area contributed by atoms with E-state index in [-0.39, 0.29) is 12.3 Å². The molecule has 1 aromatic carbocycles. The van der Waals surface area contributed by atoms with Crippen molar-refractivity contribution in [2.45, 2.75) is 39.3 Å². The van der Waals surface area contributed by atoms with Gasteiger partial charge < -0.3 is 10.4 Å². The number of carbonyl (C=O) groups is 1. The lowest BCUT2D eigenvalue weighted by atomic mass is 10.1. The van der Waals surface area contributed by atoms with Crippen molar-refractivity contribution in [3.8, 4) is 0 Å². The van der Waals surface area contributed by atoms with Gasteiger partial charge in [-0.15, -0.1) is 0 Å². The average molecular weight is 337 g/mol. The molecule has 0 radical (unpaired) electrons. The summed E-state index contributed by atoms with van der Waals surface area (Å²) in [5, 5.41) is 16.5. The summed E-state index contributed by atoms with van der Waals surface area (Å²) in [6.45, 7) is 0.707. The number of carbonyl (C=O) groups excluding carboxylic acids is 1. The third-order valence-electron chi connectivity index (χ3n) is 3.92. The molecule has 0 bridgehead atoms. The van der Waals surface area contributed by atoms with Crippen LogP contribution in [0.2, 0.25) is 0 Å². The first-order chi connectivity index (χ1) is 11.4. The molecule has 0 spiro atoms. The van der Waals surface area contributed by atoms with Gasteiger partial charge in [-0.2, -0.15) is 13.9 Å². The van der Waals surface area contributed by atoms with Crippen LogP contribution in [0.3, 0.4) is 0 Å². The number of alkyl halides is 2. The highest BCUT2D eigenvalue weighted by molar-refractivity contribution is 5.79. The lowest BCUT2D eigenvalue weighted by Crippen LogP contribution is -2.27. The largest absolute Gasteiger partial charge is 0.388 e. The molecule has 0 fully saturated rings. The lowest BCUT2D eigenvalue weighted by molar-refractivity contribution is -0.120. The first-order valence-electron chi connectivity index (χ1n) is 7.72. The van der Waals surface area contributed by atoms with Gasteiger partial charge in [0.1, 0.15) is 0 Å². The Morgan fingerprint density at radius 2 is 1.96 bits per heavy atom. The van der Waals surface area contributed by atoms with E-state index in [9.17, 15) is 18.7 Å². The molecule has 0 aliphatic carbocycles. The van der Waals surface area contributed by atoms with Gasteiger partial charge in [-0.05, 0) is 25.8 Å². The lowest BCUT2D eigenvalue weighted by Gasteiger charge is -2.11. The van der Waals surface area contributed by atoms with E-state index >= 15 is 0 Å². The van der Waals surface area contributed by atoms with E-state index in [0.29, 0.717) is 34.6 Å². The van der Waals surface area contributed by atoms with Crippen molar-refractivity contribution >= 4 is 5.91 Å². The van der Waals surface area contributed by atoms with Crippen LogP contribution in [-0.2, 0) is 11.2 Å². The third kappa shape index (κ3) is 4.38. The van der Waals surface area contributed by atoms with E-state index in [2.05, 4.69) is 10.4 Å². The molecule has 1 amide bonds. The number of aromatic nitrogens is 2. The third-order valence-corrected chi connectivity index (χ3v) is 3.92. The zero-order valence-electron chi connectivity index (χ0n) is 13.7. The number of aliphatic hydroxyl groups is 1. The zero-order valence-corrected chi connectivity index (χ0v) is 13.7. The normalized spacial score (nSPS) is 12.4. The maximum Gasteiger partial charge on any atom is 0.333 e. The molecule has 130 valence electrons. The first kappa shape index (κ1) is 18.1. The van der Waals surface area contributed by atoms with E-state index in [0.717, 1.165) is 5.56 Å². The van der Waals surface area contributed by atoms with Crippen molar-refractivity contribution in [3.63, 3.8) is 0 Å². The topological polar surface area (TPSA) is 67.2 Å². The summed E-state index contributed by atoms with van der Waals surface area (Å²) in [5.41, 5.74) is 2.02. The molecular formula is C17H21F2N3O2. The van der Waals surface area contributed by atoms with Gasteiger partial charge >= 0.3 is 6.55 Å². The monoisotopic (exact) mass is 337 g/mol. The van der Waals surface area contributed by atoms with Gasteiger partial charge in [0.2, 0.25) is 5.91 Å². The molecule has 1 aromatic heterocycles. The second-order valence-electron chi connectivity index (χ2n) is 5.61. The van der Waals surface area contributed by atoms with Crippen molar-refractivity contribution in [2.75, 3.05) is 6.54 Å². The van der Waals surface area contributed by atoms with E-state index < -0.39 is 12.7 Å². The fraction of sp³-hybridized carbons (Fsp3) is 0.412. The van der Waals surface area contributed by atoms with Crippen LogP contribution in [0.25, 0.3) is 0 Å². The molecule has 0 aliphatic rings. The molecule has 1 atom stereocenters. The second kappa shape index (κ2) is 8.01. The summed E-state index contributed by atoms with van der Waals surface area (Å²) in [6.07, 6.45) is -0.285. The van der Waals surface area contributed by atoms with E-state index in [1.54, 1.807) is 6.92 Å². The average Bonchev–Trinajstić information content (AvgIpc) is 2.84. The number of halogens is 2. The summed E-state index contributed by atoms with van der Waals surface area (Å²) < 4.78 is 26.2. The van der Waals surface area contributed by atoms with Crippen molar-refractivity contribution in [1.82, 2.24) is 15.1 Å². The van der Waals surface area contributed by atoms with Crippen LogP contribution in [0.1, 0.15) is 41.6 Å². The standard InChI is InChI=1S/C17H21F2N3O2/c1-11-14(12(2)22(21-11)17(18)19)10-16(24)20-9-8-15(23)13-6-4-3-5-7-13/h3-7,15,17,23H,8-10H2,1-2H3,(H,20,24). The molecule has 2 aromatic rings. The van der Waals surface area contributed by atoms with Crippen LogP contribution in [0.4, 0.5) is 8.78 Å². The Balaban J connectivity index is 1.86. The fourth-order valence-electron chi connectivity index (χ4n) is 2.56. The summed E-state index contributed by atoms with van der Waals surface area (Å²) in [4.78, 5) is 12.0. The molecule has 2 N–H and O–H groups in total. The van der Waals surface area contributed by atoms with Gasteiger partial charge in [0.25, 0.3) is 0 Å². The number of hydrogen-bond acceptors (Lipinski definition) is 3. The summed E-state index contributed by atoms with van der Waals surface area (Å²) in [5.74, 6) is -0.282. The van der Waals surface area contributed by atoms with Crippen molar-refractivity contribution in [3.05, 3.63) is 52.8 Å². The number of amides is 1. The van der Waals surface area contributed by atoms with Gasteiger partial charge in [-0.3, -0.25) is 4.79 Å². The van der Waals surface area contributed by atoms with Gasteiger partial charge in [0.05, 0.1) is 18.2 Å². The van der Waals surface area contributed by atoms with Crippen LogP contribution in [0, 0.1) is 13.8 Å². The first-order valence-corrected chi connectivity index (χ1v) is 7.72. The van der Waals surface area contributed by atoms with Gasteiger partial charge in [0, 0.05) is 17.8 Å². The highest BCUT2D eigenvalue weighted by atomic mass is 19.3. The number of benzene rings is 1. The fourth-order valence-corrected chi connectivity index (χ4v) is 2.56. The minimum absolute atomic E-state index is 0.00812. The predicted molar refractivity (Wildman–Crippen MR) is 85.7 cm³/mol. The zero-order chi connectivity index (χ0) is 17.7. The maximum absolute atomic E-state index is 12.8. The number of hydrogen-bond donors (Lipinski definition) is 2. The SMILES string of the molecule is Cc1nn(C(F)F)c(C)c1CC(=O)NCCC(O)c1ccccc1. The highest BCUT2D eigenvalue weighted by Gasteiger charge is 2.19. The van der Waals surface area contributed by atoms with E-state index in [1.165, 1.54) is 6.92 Å². The van der Waals surface area contributed by atoms with Crippen LogP contribution in [0.15, 0.2) is 30.3 Å². The van der Waals surface area contributed by atoms with Gasteiger partial charge in [0.15, 0.2) is 0 Å². The molecule has 1 unspecified atom stereocenters. The Hall–Kier alpha value is -2.28. The smallest absolute Gasteiger partial charge is 0.333 e. The summed E-state index contributed by atoms with van der Waals surface area (Å²) in [7, 11) is 0. The molecule has 7 heteroatoms. The van der Waals surface area contributed by atoms with Crippen LogP contribution in [-0.4, -0.2) is 27.3 Å². The number of rotatable bonds is 7. The van der Waals surface area contributed by atoms with Crippen molar-refractivity contribution < 1.29 is 18.7 Å². The summed E-state index contributed by atoms with van der Waals surface area (Å²) >= 11 is 0. The van der Waals surface area contributed by atoms with Crippen LogP contribution in [0.5, 0.6) is 0 Å². The molecule has 2 rings (SSSR count). The van der Waals surface area contributed by atoms with Gasteiger partial charge in [-0.1, -0.05) is 30.3 Å². The molecule has 24 heavy (non-hydrogen) atoms. The number of aryl methyl sites for hydroxylation is 1. The van der Waals surface area contributed by atoms with Gasteiger partial charge in [-0.25, -0.2) is 4.68 Å². The Morgan fingerprint density at radius 3 is 2.54 bits per heavy atom. The summed E-state index contributed by atoms with van der Waals surface area (Å²) in [6, 6.07) is 9.17. The maximum atomic E-state index is 12.8. The number of nitrogens with zero attached hydrogens (tertiary/aromatic N) is 2. The Kier molecular flexibility index (Phi) is 6.03.